The van der Waals surface area contributed by atoms with Gasteiger partial charge in [0.2, 0.25) is 0 Å². The monoisotopic (exact) mass is 762 g/mol. The fraction of sp³-hybridized carbons (Fsp3) is 0.0333. The molecule has 0 saturated heterocycles. The first-order valence-electron chi connectivity index (χ1n) is 20.9. The first kappa shape index (κ1) is 35.6. The molecule has 0 saturated carbocycles. The van der Waals surface area contributed by atoms with Crippen LogP contribution >= 0.6 is 0 Å². The van der Waals surface area contributed by atoms with E-state index in [-0.39, 0.29) is 0 Å². The summed E-state index contributed by atoms with van der Waals surface area (Å²) in [6, 6.07) is 94.3. The average Bonchev–Trinajstić information content (AvgIpc) is 3.83. The topological polar surface area (TPSA) is 0 Å². The van der Waals surface area contributed by atoms with Crippen LogP contribution in [0.15, 0.2) is 255 Å². The molecule has 9 aromatic carbocycles. The molecule has 282 valence electrons. The van der Waals surface area contributed by atoms with Crippen LogP contribution in [0, 0.1) is 0 Å². The molecule has 0 bridgehead atoms. The Balaban J connectivity index is 1.24. The lowest BCUT2D eigenvalue weighted by Crippen LogP contribution is -2.31. The Labute approximate surface area is 353 Å². The minimum Gasteiger partial charge on any atom is -0.0622 e. The molecule has 2 aliphatic rings. The summed E-state index contributed by atoms with van der Waals surface area (Å²) in [6.07, 6.45) is 0. The largest absolute Gasteiger partial charge is 0.0719 e. The van der Waals surface area contributed by atoms with E-state index in [0.717, 1.165) is 0 Å². The lowest BCUT2D eigenvalue weighted by atomic mass is 9.63. The molecule has 2 unspecified atom stereocenters. The van der Waals surface area contributed by atoms with E-state index in [1.807, 2.05) is 0 Å². The van der Waals surface area contributed by atoms with Gasteiger partial charge in [0, 0.05) is 0 Å². The fourth-order valence-corrected chi connectivity index (χ4v) is 10.6. The van der Waals surface area contributed by atoms with Crippen LogP contribution in [0.4, 0.5) is 0 Å². The van der Waals surface area contributed by atoms with Gasteiger partial charge in [-0.05, 0) is 89.1 Å². The summed E-state index contributed by atoms with van der Waals surface area (Å²) in [5.41, 5.74) is 18.9. The molecule has 0 radical (unpaired) electrons. The lowest BCUT2D eigenvalue weighted by molar-refractivity contribution is 0.794. The Morgan fingerprint density at radius 1 is 0.200 bits per heavy atom. The van der Waals surface area contributed by atoms with Gasteiger partial charge in [-0.1, -0.05) is 255 Å². The van der Waals surface area contributed by atoms with Crippen molar-refractivity contribution in [3.63, 3.8) is 0 Å². The second kappa shape index (κ2) is 14.7. The van der Waals surface area contributed by atoms with Gasteiger partial charge in [-0.15, -0.1) is 0 Å². The van der Waals surface area contributed by atoms with Crippen molar-refractivity contribution >= 4 is 22.3 Å². The zero-order valence-corrected chi connectivity index (χ0v) is 33.2. The maximum Gasteiger partial charge on any atom is 0.0719 e. The summed E-state index contributed by atoms with van der Waals surface area (Å²) in [4.78, 5) is 0. The molecule has 2 aliphatic carbocycles. The van der Waals surface area contributed by atoms with Crippen molar-refractivity contribution in [2.24, 2.45) is 0 Å². The maximum atomic E-state index is 2.44. The summed E-state index contributed by atoms with van der Waals surface area (Å²) in [5, 5.41) is 0. The van der Waals surface area contributed by atoms with Gasteiger partial charge in [0.1, 0.15) is 0 Å². The molecule has 0 nitrogen and oxygen atoms in total. The van der Waals surface area contributed by atoms with Gasteiger partial charge < -0.3 is 0 Å². The highest BCUT2D eigenvalue weighted by molar-refractivity contribution is 6.12. The summed E-state index contributed by atoms with van der Waals surface area (Å²) in [7, 11) is 0. The Morgan fingerprint density at radius 2 is 0.450 bits per heavy atom. The van der Waals surface area contributed by atoms with Crippen LogP contribution < -0.4 is 0 Å². The fourth-order valence-electron chi connectivity index (χ4n) is 10.6. The van der Waals surface area contributed by atoms with Gasteiger partial charge in [0.15, 0.2) is 0 Å². The molecule has 0 aliphatic heterocycles. The summed E-state index contributed by atoms with van der Waals surface area (Å²) in [5.74, 6) is 0. The summed E-state index contributed by atoms with van der Waals surface area (Å²) < 4.78 is 0. The Hall–Kier alpha value is -7.54. The van der Waals surface area contributed by atoms with E-state index in [1.54, 1.807) is 0 Å². The molecule has 0 heterocycles. The highest BCUT2D eigenvalue weighted by Crippen LogP contribution is 2.62. The van der Waals surface area contributed by atoms with Gasteiger partial charge in [-0.3, -0.25) is 0 Å². The molecular weight excluding hydrogens is 721 g/mol. The van der Waals surface area contributed by atoms with Crippen molar-refractivity contribution in [3.8, 4) is 0 Å². The lowest BCUT2D eigenvalue weighted by Gasteiger charge is -2.38. The van der Waals surface area contributed by atoms with Gasteiger partial charge in [-0.2, -0.15) is 0 Å². The Bertz CT molecular complexity index is 2810. The first-order chi connectivity index (χ1) is 29.8. The van der Waals surface area contributed by atoms with Crippen LogP contribution in [0.5, 0.6) is 0 Å². The summed E-state index contributed by atoms with van der Waals surface area (Å²) >= 11 is 0. The van der Waals surface area contributed by atoms with Crippen LogP contribution in [0.1, 0.15) is 66.8 Å². The van der Waals surface area contributed by atoms with Crippen LogP contribution in [0.3, 0.4) is 0 Å². The zero-order valence-electron chi connectivity index (χ0n) is 33.2. The molecule has 0 aromatic heterocycles. The van der Waals surface area contributed by atoms with Crippen LogP contribution in [-0.4, -0.2) is 0 Å². The average molecular weight is 763 g/mol. The highest BCUT2D eigenvalue weighted by Gasteiger charge is 2.51. The molecule has 2 atom stereocenters. The van der Waals surface area contributed by atoms with E-state index >= 15 is 0 Å². The second-order valence-electron chi connectivity index (χ2n) is 15.9. The molecule has 0 spiro atoms. The summed E-state index contributed by atoms with van der Waals surface area (Å²) in [6.45, 7) is 0. The quantitative estimate of drug-likeness (QED) is 0.145. The van der Waals surface area contributed by atoms with Gasteiger partial charge in [0.05, 0.1) is 10.8 Å². The number of rotatable bonds is 8. The Kier molecular flexibility index (Phi) is 8.72. The van der Waals surface area contributed by atoms with E-state index in [1.165, 1.54) is 89.1 Å². The second-order valence-corrected chi connectivity index (χ2v) is 15.9. The van der Waals surface area contributed by atoms with Crippen molar-refractivity contribution in [2.75, 3.05) is 0 Å². The predicted octanol–water partition coefficient (Wildman–Crippen LogP) is 14.3. The third-order valence-corrected chi connectivity index (χ3v) is 12.9. The van der Waals surface area contributed by atoms with E-state index in [4.69, 9.17) is 0 Å². The predicted molar refractivity (Wildman–Crippen MR) is 250 cm³/mol. The van der Waals surface area contributed by atoms with Crippen LogP contribution in [-0.2, 0) is 10.8 Å². The van der Waals surface area contributed by atoms with E-state index < -0.39 is 10.8 Å². The first-order valence-corrected chi connectivity index (χ1v) is 20.9. The highest BCUT2D eigenvalue weighted by atomic mass is 14.5. The van der Waals surface area contributed by atoms with Crippen molar-refractivity contribution in [2.45, 2.75) is 10.8 Å². The molecule has 0 amide bonds. The number of hydrogen-bond donors (Lipinski definition) is 0. The number of fused-ring (bicyclic) bond motifs is 2. The Morgan fingerprint density at radius 3 is 0.783 bits per heavy atom. The maximum absolute atomic E-state index is 2.44. The van der Waals surface area contributed by atoms with Crippen molar-refractivity contribution in [1.82, 2.24) is 0 Å². The van der Waals surface area contributed by atoms with Crippen molar-refractivity contribution in [3.05, 3.63) is 322 Å². The number of benzene rings is 9. The van der Waals surface area contributed by atoms with Crippen molar-refractivity contribution in [1.29, 1.82) is 0 Å². The normalized spacial score (nSPS) is 18.0. The molecule has 60 heavy (non-hydrogen) atoms. The van der Waals surface area contributed by atoms with E-state index in [2.05, 4.69) is 255 Å². The molecule has 0 fully saturated rings. The molecule has 11 rings (SSSR count). The number of allylic oxidation sites excluding steroid dienone is 2. The third-order valence-electron chi connectivity index (χ3n) is 12.9. The van der Waals surface area contributed by atoms with Crippen molar-refractivity contribution < 1.29 is 0 Å². The standard InChI is InChI=1S/C60H42/c1-7-23-43(24-8-1)55-51-35-19-21-37-53(51)59(47-31-15-5-16-32-47,57(55)45-27-11-3-12-28-45)49-39-41-50(42-40-49)60(48-33-17-6-18-34-48)54-38-22-20-36-52(54)56(44-25-9-2-10-26-44)58(60)46-29-13-4-14-30-46/h1-42H. The van der Waals surface area contributed by atoms with E-state index in [9.17, 15) is 0 Å². The van der Waals surface area contributed by atoms with Gasteiger partial charge >= 0.3 is 0 Å². The molecular formula is C60H42. The third kappa shape index (κ3) is 5.31. The van der Waals surface area contributed by atoms with Gasteiger partial charge in [-0.25, -0.2) is 0 Å². The molecule has 0 heteroatoms. The van der Waals surface area contributed by atoms with Gasteiger partial charge in [0.25, 0.3) is 0 Å². The smallest absolute Gasteiger partial charge is 0.0622 e. The number of hydrogen-bond acceptors (Lipinski definition) is 0. The zero-order chi connectivity index (χ0) is 39.9. The molecule has 0 N–H and O–H groups in total. The van der Waals surface area contributed by atoms with Crippen LogP contribution in [0.25, 0.3) is 22.3 Å². The van der Waals surface area contributed by atoms with E-state index in [0.29, 0.717) is 0 Å². The minimum atomic E-state index is -0.607. The SMILES string of the molecule is c1ccc(C2=C(c3ccccc3)C(c3ccccc3)(c3ccc(C4(c5ccccc5)C(c5ccccc5)=C(c5ccccc5)c5ccccc54)cc3)c3ccccc32)cc1. The van der Waals surface area contributed by atoms with Crippen LogP contribution in [0.2, 0.25) is 0 Å². The molecule has 9 aromatic rings. The minimum absolute atomic E-state index is 0.607.